The van der Waals surface area contributed by atoms with Crippen molar-refractivity contribution in [1.29, 1.82) is 0 Å². The third-order valence-corrected chi connectivity index (χ3v) is 4.87. The van der Waals surface area contributed by atoms with Crippen LogP contribution in [0.4, 0.5) is 4.79 Å². The van der Waals surface area contributed by atoms with Crippen molar-refractivity contribution >= 4 is 11.9 Å². The molecule has 1 aromatic carbocycles. The van der Waals surface area contributed by atoms with Gasteiger partial charge in [-0.05, 0) is 17.7 Å². The van der Waals surface area contributed by atoms with E-state index in [2.05, 4.69) is 5.32 Å². The highest BCUT2D eigenvalue weighted by Gasteiger charge is 2.28. The molecule has 2 aromatic rings. The number of rotatable bonds is 7. The summed E-state index contributed by atoms with van der Waals surface area (Å²) < 4.78 is 11.3. The van der Waals surface area contributed by atoms with Crippen LogP contribution in [0.5, 0.6) is 0 Å². The van der Waals surface area contributed by atoms with Crippen LogP contribution in [-0.2, 0) is 22.6 Å². The molecular weight excluding hydrogens is 370 g/mol. The average Bonchev–Trinajstić information content (AvgIpc) is 3.25. The van der Waals surface area contributed by atoms with E-state index in [9.17, 15) is 9.59 Å². The Kier molecular flexibility index (Phi) is 7.30. The van der Waals surface area contributed by atoms with E-state index in [0.29, 0.717) is 39.3 Å². The van der Waals surface area contributed by atoms with Crippen LogP contribution in [0.15, 0.2) is 53.1 Å². The largest absolute Gasteiger partial charge is 0.467 e. The molecule has 1 unspecified atom stereocenters. The van der Waals surface area contributed by atoms with E-state index in [4.69, 9.17) is 9.15 Å². The minimum Gasteiger partial charge on any atom is -0.467 e. The Morgan fingerprint density at radius 1 is 1.21 bits per heavy atom. The molecule has 7 heteroatoms. The van der Waals surface area contributed by atoms with Crippen molar-refractivity contribution < 1.29 is 18.7 Å². The van der Waals surface area contributed by atoms with Gasteiger partial charge < -0.3 is 24.3 Å². The number of urea groups is 1. The Morgan fingerprint density at radius 2 is 2.00 bits per heavy atom. The number of carbonyl (C=O) groups excluding carboxylic acids is 2. The maximum absolute atomic E-state index is 12.7. The number of hydrogen-bond acceptors (Lipinski definition) is 4. The first-order chi connectivity index (χ1) is 14.0. The molecule has 1 aliphatic rings. The summed E-state index contributed by atoms with van der Waals surface area (Å²) in [7, 11) is 0. The van der Waals surface area contributed by atoms with Gasteiger partial charge in [0, 0.05) is 25.6 Å². The minimum atomic E-state index is -0.233. The quantitative estimate of drug-likeness (QED) is 0.777. The van der Waals surface area contributed by atoms with E-state index in [-0.39, 0.29) is 24.0 Å². The highest BCUT2D eigenvalue weighted by Crippen LogP contribution is 2.14. The average molecular weight is 399 g/mol. The maximum Gasteiger partial charge on any atom is 0.317 e. The summed E-state index contributed by atoms with van der Waals surface area (Å²) in [6, 6.07) is 13.4. The molecule has 1 saturated heterocycles. The van der Waals surface area contributed by atoms with Gasteiger partial charge in [0.15, 0.2) is 0 Å². The maximum atomic E-state index is 12.7. The molecule has 1 fully saturated rings. The van der Waals surface area contributed by atoms with Crippen LogP contribution in [0.3, 0.4) is 0 Å². The molecule has 2 heterocycles. The van der Waals surface area contributed by atoms with Crippen LogP contribution in [0.1, 0.15) is 25.2 Å². The standard InChI is InChI=1S/C22H29N3O4/c1-17(2)21(26)25(14-19-9-6-11-28-19)16-20-15-24(10-12-29-20)22(27)23-13-18-7-4-3-5-8-18/h3-9,11,17,20H,10,12-16H2,1-2H3,(H,23,27). The first-order valence-electron chi connectivity index (χ1n) is 10.0. The molecule has 1 aliphatic heterocycles. The Morgan fingerprint density at radius 3 is 2.69 bits per heavy atom. The second kappa shape index (κ2) is 10.1. The van der Waals surface area contributed by atoms with E-state index in [1.165, 1.54) is 0 Å². The lowest BCUT2D eigenvalue weighted by atomic mass is 10.1. The Bertz CT molecular complexity index is 777. The predicted molar refractivity (Wildman–Crippen MR) is 109 cm³/mol. The third-order valence-electron chi connectivity index (χ3n) is 4.87. The molecule has 0 aliphatic carbocycles. The van der Waals surface area contributed by atoms with E-state index in [1.807, 2.05) is 56.3 Å². The SMILES string of the molecule is CC(C)C(=O)N(Cc1ccco1)CC1CN(C(=O)NCc2ccccc2)CCO1. The van der Waals surface area contributed by atoms with E-state index in [1.54, 1.807) is 16.1 Å². The fourth-order valence-corrected chi connectivity index (χ4v) is 3.33. The zero-order valence-electron chi connectivity index (χ0n) is 17.0. The van der Waals surface area contributed by atoms with Gasteiger partial charge >= 0.3 is 6.03 Å². The molecule has 0 spiro atoms. The zero-order valence-corrected chi connectivity index (χ0v) is 17.0. The molecule has 1 aromatic heterocycles. The molecule has 156 valence electrons. The highest BCUT2D eigenvalue weighted by atomic mass is 16.5. The molecule has 29 heavy (non-hydrogen) atoms. The van der Waals surface area contributed by atoms with Gasteiger partial charge in [0.2, 0.25) is 5.91 Å². The molecule has 1 atom stereocenters. The number of amides is 3. The Balaban J connectivity index is 1.56. The number of morpholine rings is 1. The fraction of sp³-hybridized carbons (Fsp3) is 0.455. The summed E-state index contributed by atoms with van der Waals surface area (Å²) in [6.45, 7) is 6.48. The number of benzene rings is 1. The second-order valence-electron chi connectivity index (χ2n) is 7.54. The number of hydrogen-bond donors (Lipinski definition) is 1. The fourth-order valence-electron chi connectivity index (χ4n) is 3.33. The molecule has 0 radical (unpaired) electrons. The summed E-state index contributed by atoms with van der Waals surface area (Å²) in [5.41, 5.74) is 1.05. The van der Waals surface area contributed by atoms with Gasteiger partial charge in [-0.15, -0.1) is 0 Å². The lowest BCUT2D eigenvalue weighted by Crippen LogP contribution is -2.53. The van der Waals surface area contributed by atoms with Gasteiger partial charge in [-0.1, -0.05) is 44.2 Å². The zero-order chi connectivity index (χ0) is 20.6. The van der Waals surface area contributed by atoms with E-state index >= 15 is 0 Å². The van der Waals surface area contributed by atoms with Crippen molar-refractivity contribution in [3.05, 3.63) is 60.1 Å². The number of carbonyl (C=O) groups is 2. The third kappa shape index (κ3) is 6.09. The summed E-state index contributed by atoms with van der Waals surface area (Å²) in [4.78, 5) is 28.7. The van der Waals surface area contributed by atoms with Crippen molar-refractivity contribution in [2.24, 2.45) is 5.92 Å². The first kappa shape index (κ1) is 20.9. The lowest BCUT2D eigenvalue weighted by Gasteiger charge is -2.36. The van der Waals surface area contributed by atoms with Crippen LogP contribution in [0.2, 0.25) is 0 Å². The molecule has 0 bridgehead atoms. The summed E-state index contributed by atoms with van der Waals surface area (Å²) in [6.07, 6.45) is 1.37. The van der Waals surface area contributed by atoms with Crippen molar-refractivity contribution in [2.75, 3.05) is 26.2 Å². The molecule has 0 saturated carbocycles. The number of nitrogens with one attached hydrogen (secondary N) is 1. The minimum absolute atomic E-state index is 0.0376. The molecule has 1 N–H and O–H groups in total. The van der Waals surface area contributed by atoms with E-state index < -0.39 is 0 Å². The summed E-state index contributed by atoms with van der Waals surface area (Å²) in [5, 5.41) is 2.96. The van der Waals surface area contributed by atoms with Crippen LogP contribution >= 0.6 is 0 Å². The van der Waals surface area contributed by atoms with Crippen LogP contribution < -0.4 is 5.32 Å². The molecular formula is C22H29N3O4. The van der Waals surface area contributed by atoms with Crippen LogP contribution in [0, 0.1) is 5.92 Å². The summed E-state index contributed by atoms with van der Waals surface area (Å²) in [5.74, 6) is 0.641. The first-order valence-corrected chi connectivity index (χ1v) is 10.0. The molecule has 3 rings (SSSR count). The number of furan rings is 1. The molecule has 7 nitrogen and oxygen atoms in total. The predicted octanol–water partition coefficient (Wildman–Crippen LogP) is 2.87. The van der Waals surface area contributed by atoms with Crippen LogP contribution in [-0.4, -0.2) is 54.1 Å². The van der Waals surface area contributed by atoms with Gasteiger partial charge in [-0.2, -0.15) is 0 Å². The second-order valence-corrected chi connectivity index (χ2v) is 7.54. The topological polar surface area (TPSA) is 75.0 Å². The van der Waals surface area contributed by atoms with Crippen molar-refractivity contribution in [3.63, 3.8) is 0 Å². The highest BCUT2D eigenvalue weighted by molar-refractivity contribution is 5.78. The summed E-state index contributed by atoms with van der Waals surface area (Å²) >= 11 is 0. The molecule has 3 amide bonds. The van der Waals surface area contributed by atoms with Crippen molar-refractivity contribution in [1.82, 2.24) is 15.1 Å². The smallest absolute Gasteiger partial charge is 0.317 e. The van der Waals surface area contributed by atoms with Gasteiger partial charge in [0.1, 0.15) is 5.76 Å². The van der Waals surface area contributed by atoms with Crippen molar-refractivity contribution in [2.45, 2.75) is 33.0 Å². The number of nitrogens with zero attached hydrogens (tertiary/aromatic N) is 2. The van der Waals surface area contributed by atoms with Crippen molar-refractivity contribution in [3.8, 4) is 0 Å². The van der Waals surface area contributed by atoms with Gasteiger partial charge in [0.25, 0.3) is 0 Å². The lowest BCUT2D eigenvalue weighted by molar-refractivity contribution is -0.138. The monoisotopic (exact) mass is 399 g/mol. The van der Waals surface area contributed by atoms with E-state index in [0.717, 1.165) is 11.3 Å². The normalized spacial score (nSPS) is 16.7. The van der Waals surface area contributed by atoms with Crippen LogP contribution in [0.25, 0.3) is 0 Å². The number of ether oxygens (including phenoxy) is 1. The van der Waals surface area contributed by atoms with Gasteiger partial charge in [-0.25, -0.2) is 4.79 Å². The Labute approximate surface area is 171 Å². The van der Waals surface area contributed by atoms with Gasteiger partial charge in [0.05, 0.1) is 32.1 Å². The Hall–Kier alpha value is -2.80. The van der Waals surface area contributed by atoms with Gasteiger partial charge in [-0.3, -0.25) is 4.79 Å².